The minimum Gasteiger partial charge on any atom is -0.377 e. The Balaban J connectivity index is 2.08. The van der Waals surface area contributed by atoms with Gasteiger partial charge in [-0.2, -0.15) is 0 Å². The Labute approximate surface area is 62.1 Å². The maximum atomic E-state index is 5.37. The van der Waals surface area contributed by atoms with Crippen LogP contribution in [-0.4, -0.2) is 13.2 Å². The fraction of sp³-hybridized carbons (Fsp3) is 0.778. The maximum absolute atomic E-state index is 5.37. The van der Waals surface area contributed by atoms with Gasteiger partial charge in [-0.3, -0.25) is 0 Å². The summed E-state index contributed by atoms with van der Waals surface area (Å²) < 4.78 is 5.37. The van der Waals surface area contributed by atoms with E-state index in [0.717, 1.165) is 19.1 Å². The molecule has 1 nitrogen and oxygen atoms in total. The minimum atomic E-state index is 0.891. The van der Waals surface area contributed by atoms with Crippen LogP contribution in [0, 0.1) is 5.92 Å². The predicted molar refractivity (Wildman–Crippen MR) is 40.9 cm³/mol. The summed E-state index contributed by atoms with van der Waals surface area (Å²) in [5.41, 5.74) is 1.58. The summed E-state index contributed by atoms with van der Waals surface area (Å²) >= 11 is 0. The monoisotopic (exact) mass is 138 g/mol. The number of fused-ring (bicyclic) bond motifs is 1. The molecular weight excluding hydrogens is 124 g/mol. The van der Waals surface area contributed by atoms with Gasteiger partial charge in [-0.1, -0.05) is 6.08 Å². The van der Waals surface area contributed by atoms with Crippen molar-refractivity contribution in [3.8, 4) is 0 Å². The van der Waals surface area contributed by atoms with Crippen LogP contribution in [0.1, 0.15) is 25.7 Å². The first-order chi connectivity index (χ1) is 4.97. The zero-order valence-corrected chi connectivity index (χ0v) is 6.31. The average molecular weight is 138 g/mol. The van der Waals surface area contributed by atoms with E-state index in [1.54, 1.807) is 5.57 Å². The molecule has 1 aliphatic carbocycles. The quantitative estimate of drug-likeness (QED) is 0.466. The molecule has 0 aromatic carbocycles. The van der Waals surface area contributed by atoms with Crippen LogP contribution in [0.4, 0.5) is 0 Å². The first-order valence-electron chi connectivity index (χ1n) is 4.23. The standard InChI is InChI=1S/C9H14O/c1-2-4-9-7-10-6-5-8(9)3-1/h4,8H,1-3,5-7H2. The molecule has 1 heteroatoms. The van der Waals surface area contributed by atoms with Crippen molar-refractivity contribution in [3.63, 3.8) is 0 Å². The fourth-order valence-corrected chi connectivity index (χ4v) is 1.93. The van der Waals surface area contributed by atoms with Crippen LogP contribution in [0.25, 0.3) is 0 Å². The second-order valence-corrected chi connectivity index (χ2v) is 3.25. The normalized spacial score (nSPS) is 32.8. The summed E-state index contributed by atoms with van der Waals surface area (Å²) in [6.45, 7) is 1.91. The molecule has 1 aliphatic heterocycles. The van der Waals surface area contributed by atoms with E-state index in [1.165, 1.54) is 25.7 Å². The van der Waals surface area contributed by atoms with Crippen molar-refractivity contribution in [3.05, 3.63) is 11.6 Å². The minimum absolute atomic E-state index is 0.891. The van der Waals surface area contributed by atoms with Gasteiger partial charge in [0.1, 0.15) is 0 Å². The van der Waals surface area contributed by atoms with Crippen molar-refractivity contribution in [2.24, 2.45) is 5.92 Å². The van der Waals surface area contributed by atoms with Crippen LogP contribution in [0.15, 0.2) is 11.6 Å². The molecule has 0 N–H and O–H groups in total. The molecule has 0 aromatic rings. The highest BCUT2D eigenvalue weighted by atomic mass is 16.5. The molecule has 10 heavy (non-hydrogen) atoms. The SMILES string of the molecule is C1=C2COCCC2CCC1. The first kappa shape index (κ1) is 6.41. The molecule has 0 spiro atoms. The third-order valence-electron chi connectivity index (χ3n) is 2.57. The second kappa shape index (κ2) is 2.75. The van der Waals surface area contributed by atoms with Crippen LogP contribution in [0.3, 0.4) is 0 Å². The molecule has 1 atom stereocenters. The van der Waals surface area contributed by atoms with Gasteiger partial charge in [0.05, 0.1) is 6.61 Å². The van der Waals surface area contributed by atoms with Crippen molar-refractivity contribution < 1.29 is 4.74 Å². The molecule has 2 rings (SSSR count). The van der Waals surface area contributed by atoms with E-state index in [2.05, 4.69) is 6.08 Å². The number of allylic oxidation sites excluding steroid dienone is 1. The number of hydrogen-bond donors (Lipinski definition) is 0. The van der Waals surface area contributed by atoms with Gasteiger partial charge in [0.25, 0.3) is 0 Å². The van der Waals surface area contributed by atoms with E-state index in [-0.39, 0.29) is 0 Å². The van der Waals surface area contributed by atoms with Crippen LogP contribution in [0.2, 0.25) is 0 Å². The zero-order valence-electron chi connectivity index (χ0n) is 6.31. The molecule has 1 unspecified atom stereocenters. The zero-order chi connectivity index (χ0) is 6.81. The van der Waals surface area contributed by atoms with E-state index in [9.17, 15) is 0 Å². The summed E-state index contributed by atoms with van der Waals surface area (Å²) in [6, 6.07) is 0. The van der Waals surface area contributed by atoms with Crippen molar-refractivity contribution in [2.45, 2.75) is 25.7 Å². The predicted octanol–water partition coefficient (Wildman–Crippen LogP) is 2.13. The molecule has 1 fully saturated rings. The Morgan fingerprint density at radius 2 is 2.40 bits per heavy atom. The molecule has 0 radical (unpaired) electrons. The van der Waals surface area contributed by atoms with Gasteiger partial charge in [-0.25, -0.2) is 0 Å². The van der Waals surface area contributed by atoms with E-state index >= 15 is 0 Å². The third-order valence-corrected chi connectivity index (χ3v) is 2.57. The molecule has 0 bridgehead atoms. The maximum Gasteiger partial charge on any atom is 0.0679 e. The molecule has 0 aromatic heterocycles. The van der Waals surface area contributed by atoms with Gasteiger partial charge in [0.2, 0.25) is 0 Å². The Kier molecular flexibility index (Phi) is 1.76. The lowest BCUT2D eigenvalue weighted by atomic mass is 9.85. The first-order valence-corrected chi connectivity index (χ1v) is 4.23. The Morgan fingerprint density at radius 3 is 3.30 bits per heavy atom. The van der Waals surface area contributed by atoms with Crippen molar-refractivity contribution in [1.82, 2.24) is 0 Å². The molecular formula is C9H14O. The summed E-state index contributed by atoms with van der Waals surface area (Å²) in [5, 5.41) is 0. The second-order valence-electron chi connectivity index (χ2n) is 3.25. The van der Waals surface area contributed by atoms with Gasteiger partial charge >= 0.3 is 0 Å². The van der Waals surface area contributed by atoms with E-state index in [1.807, 2.05) is 0 Å². The molecule has 2 aliphatic rings. The lowest BCUT2D eigenvalue weighted by molar-refractivity contribution is 0.102. The summed E-state index contributed by atoms with van der Waals surface area (Å²) in [6.07, 6.45) is 7.75. The average Bonchev–Trinajstić information content (AvgIpc) is 2.05. The third kappa shape index (κ3) is 1.10. The molecule has 56 valence electrons. The molecule has 0 amide bonds. The van der Waals surface area contributed by atoms with Crippen molar-refractivity contribution >= 4 is 0 Å². The largest absolute Gasteiger partial charge is 0.377 e. The number of ether oxygens (including phenoxy) is 1. The van der Waals surface area contributed by atoms with E-state index in [4.69, 9.17) is 4.74 Å². The van der Waals surface area contributed by atoms with E-state index < -0.39 is 0 Å². The number of hydrogen-bond acceptors (Lipinski definition) is 1. The Morgan fingerprint density at radius 1 is 1.40 bits per heavy atom. The highest BCUT2D eigenvalue weighted by Gasteiger charge is 2.20. The summed E-state index contributed by atoms with van der Waals surface area (Å²) in [4.78, 5) is 0. The van der Waals surface area contributed by atoms with Crippen LogP contribution >= 0.6 is 0 Å². The smallest absolute Gasteiger partial charge is 0.0679 e. The van der Waals surface area contributed by atoms with Crippen molar-refractivity contribution in [1.29, 1.82) is 0 Å². The molecule has 1 heterocycles. The van der Waals surface area contributed by atoms with E-state index in [0.29, 0.717) is 0 Å². The lowest BCUT2D eigenvalue weighted by Gasteiger charge is -2.28. The highest BCUT2D eigenvalue weighted by molar-refractivity contribution is 5.11. The summed E-state index contributed by atoms with van der Waals surface area (Å²) in [7, 11) is 0. The molecule has 1 saturated heterocycles. The van der Waals surface area contributed by atoms with Crippen molar-refractivity contribution in [2.75, 3.05) is 13.2 Å². The fourth-order valence-electron chi connectivity index (χ4n) is 1.93. The number of rotatable bonds is 0. The highest BCUT2D eigenvalue weighted by Crippen LogP contribution is 2.30. The van der Waals surface area contributed by atoms with Gasteiger partial charge in [0.15, 0.2) is 0 Å². The van der Waals surface area contributed by atoms with Crippen LogP contribution in [0.5, 0.6) is 0 Å². The van der Waals surface area contributed by atoms with Crippen LogP contribution in [-0.2, 0) is 4.74 Å². The van der Waals surface area contributed by atoms with Gasteiger partial charge < -0.3 is 4.74 Å². The topological polar surface area (TPSA) is 9.23 Å². The Hall–Kier alpha value is -0.300. The van der Waals surface area contributed by atoms with Gasteiger partial charge in [0, 0.05) is 6.61 Å². The van der Waals surface area contributed by atoms with Crippen LogP contribution < -0.4 is 0 Å². The summed E-state index contributed by atoms with van der Waals surface area (Å²) in [5.74, 6) is 0.891. The van der Waals surface area contributed by atoms with Gasteiger partial charge in [-0.05, 0) is 37.2 Å². The molecule has 0 saturated carbocycles. The van der Waals surface area contributed by atoms with Gasteiger partial charge in [-0.15, -0.1) is 0 Å². The Bertz CT molecular complexity index is 149. The lowest BCUT2D eigenvalue weighted by Crippen LogP contribution is -2.21.